The Hall–Kier alpha value is -1.95. The van der Waals surface area contributed by atoms with Gasteiger partial charge in [-0.05, 0) is 40.8 Å². The number of nitrogens with one attached hydrogen (secondary N) is 2. The summed E-state index contributed by atoms with van der Waals surface area (Å²) in [6, 6.07) is 2.17. The van der Waals surface area contributed by atoms with E-state index in [-0.39, 0.29) is 11.9 Å². The van der Waals surface area contributed by atoms with Crippen molar-refractivity contribution >= 4 is 11.6 Å². The molecule has 20 heavy (non-hydrogen) atoms. The fraction of sp³-hybridized carbons (Fsp3) is 0.500. The summed E-state index contributed by atoms with van der Waals surface area (Å²) in [6.07, 6.45) is 0. The third kappa shape index (κ3) is 2.65. The summed E-state index contributed by atoms with van der Waals surface area (Å²) in [5, 5.41) is 10.4. The van der Waals surface area contributed by atoms with Crippen LogP contribution in [-0.4, -0.2) is 40.1 Å². The number of hydrogen-bond donors (Lipinski definition) is 2. The Morgan fingerprint density at radius 2 is 2.10 bits per heavy atom. The number of amides is 1. The molecule has 1 unspecified atom stereocenters. The predicted octanol–water partition coefficient (Wildman–Crippen LogP) is 0.992. The van der Waals surface area contributed by atoms with E-state index in [0.717, 1.165) is 11.4 Å². The molecule has 6 heteroatoms. The first-order valence-electron chi connectivity index (χ1n) is 6.73. The van der Waals surface area contributed by atoms with Crippen LogP contribution >= 0.6 is 0 Å². The summed E-state index contributed by atoms with van der Waals surface area (Å²) < 4.78 is 1.72. The van der Waals surface area contributed by atoms with Crippen molar-refractivity contribution in [1.82, 2.24) is 25.2 Å². The molecule has 0 aliphatic carbocycles. The molecule has 0 spiro atoms. The third-order valence-electron chi connectivity index (χ3n) is 3.36. The number of rotatable bonds is 4. The molecule has 0 bridgehead atoms. The van der Waals surface area contributed by atoms with Crippen molar-refractivity contribution in [1.29, 1.82) is 0 Å². The Labute approximate surface area is 118 Å². The van der Waals surface area contributed by atoms with Crippen molar-refractivity contribution in [3.63, 3.8) is 0 Å². The summed E-state index contributed by atoms with van der Waals surface area (Å²) in [5.41, 5.74) is 3.72. The molecule has 1 amide bonds. The second-order valence-electron chi connectivity index (χ2n) is 5.13. The zero-order valence-electron chi connectivity index (χ0n) is 12.6. The SMILES string of the molecule is CNC(C)CNC(=O)c1c(C)nn2c(C)cc(C)nc12. The number of likely N-dealkylation sites (N-methyl/N-ethyl adjacent to an activating group) is 1. The van der Waals surface area contributed by atoms with Gasteiger partial charge in [0.25, 0.3) is 5.91 Å². The normalized spacial score (nSPS) is 12.7. The van der Waals surface area contributed by atoms with Gasteiger partial charge in [-0.3, -0.25) is 4.79 Å². The van der Waals surface area contributed by atoms with Crippen molar-refractivity contribution in [2.75, 3.05) is 13.6 Å². The first-order valence-corrected chi connectivity index (χ1v) is 6.73. The quantitative estimate of drug-likeness (QED) is 0.873. The molecule has 0 radical (unpaired) electrons. The van der Waals surface area contributed by atoms with Crippen molar-refractivity contribution in [2.45, 2.75) is 33.7 Å². The highest BCUT2D eigenvalue weighted by Crippen LogP contribution is 2.15. The van der Waals surface area contributed by atoms with E-state index in [2.05, 4.69) is 20.7 Å². The smallest absolute Gasteiger partial charge is 0.257 e. The molecule has 2 heterocycles. The zero-order chi connectivity index (χ0) is 14.9. The van der Waals surface area contributed by atoms with E-state index in [1.165, 1.54) is 0 Å². The molecule has 2 N–H and O–H groups in total. The fourth-order valence-corrected chi connectivity index (χ4v) is 2.13. The van der Waals surface area contributed by atoms with Crippen LogP contribution in [0.1, 0.15) is 34.4 Å². The van der Waals surface area contributed by atoms with Gasteiger partial charge in [-0.15, -0.1) is 0 Å². The molecule has 108 valence electrons. The van der Waals surface area contributed by atoms with E-state index in [0.29, 0.717) is 23.4 Å². The molecule has 1 atom stereocenters. The number of nitrogens with zero attached hydrogens (tertiary/aromatic N) is 3. The second-order valence-corrected chi connectivity index (χ2v) is 5.13. The number of carbonyl (C=O) groups excluding carboxylic acids is 1. The predicted molar refractivity (Wildman–Crippen MR) is 78.1 cm³/mol. The van der Waals surface area contributed by atoms with Crippen LogP contribution in [0.25, 0.3) is 5.65 Å². The zero-order valence-corrected chi connectivity index (χ0v) is 12.6. The van der Waals surface area contributed by atoms with Crippen LogP contribution in [0, 0.1) is 20.8 Å². The monoisotopic (exact) mass is 275 g/mol. The Morgan fingerprint density at radius 1 is 1.40 bits per heavy atom. The van der Waals surface area contributed by atoms with Crippen LogP contribution in [0.4, 0.5) is 0 Å². The first-order chi connectivity index (χ1) is 9.43. The molecular weight excluding hydrogens is 254 g/mol. The van der Waals surface area contributed by atoms with Gasteiger partial charge in [-0.1, -0.05) is 0 Å². The minimum absolute atomic E-state index is 0.128. The fourth-order valence-electron chi connectivity index (χ4n) is 2.13. The first kappa shape index (κ1) is 14.5. The van der Waals surface area contributed by atoms with E-state index < -0.39 is 0 Å². The average molecular weight is 275 g/mol. The second kappa shape index (κ2) is 5.58. The number of fused-ring (bicyclic) bond motifs is 1. The van der Waals surface area contributed by atoms with Gasteiger partial charge in [-0.25, -0.2) is 9.50 Å². The molecular formula is C14H21N5O. The van der Waals surface area contributed by atoms with Crippen molar-refractivity contribution < 1.29 is 4.79 Å². The molecule has 2 rings (SSSR count). The summed E-state index contributed by atoms with van der Waals surface area (Å²) in [6.45, 7) is 8.28. The highest BCUT2D eigenvalue weighted by atomic mass is 16.1. The molecule has 0 aromatic carbocycles. The van der Waals surface area contributed by atoms with Crippen LogP contribution < -0.4 is 10.6 Å². The van der Waals surface area contributed by atoms with Crippen LogP contribution in [0.5, 0.6) is 0 Å². The van der Waals surface area contributed by atoms with E-state index in [1.807, 2.05) is 40.8 Å². The number of aryl methyl sites for hydroxylation is 3. The molecule has 6 nitrogen and oxygen atoms in total. The Bertz CT molecular complexity index is 647. The maximum Gasteiger partial charge on any atom is 0.257 e. The van der Waals surface area contributed by atoms with Gasteiger partial charge >= 0.3 is 0 Å². The number of aromatic nitrogens is 3. The van der Waals surface area contributed by atoms with Crippen molar-refractivity contribution in [3.05, 3.63) is 28.7 Å². The van der Waals surface area contributed by atoms with E-state index >= 15 is 0 Å². The lowest BCUT2D eigenvalue weighted by atomic mass is 10.2. The number of carbonyl (C=O) groups is 1. The lowest BCUT2D eigenvalue weighted by Gasteiger charge is -2.11. The maximum atomic E-state index is 12.4. The van der Waals surface area contributed by atoms with Gasteiger partial charge in [0, 0.05) is 24.0 Å². The third-order valence-corrected chi connectivity index (χ3v) is 3.36. The molecule has 0 saturated heterocycles. The standard InChI is InChI=1S/C14H21N5O/c1-8-6-10(3)19-13(17-8)12(11(4)18-19)14(20)16-7-9(2)15-5/h6,9,15H,7H2,1-5H3,(H,16,20). The number of hydrogen-bond acceptors (Lipinski definition) is 4. The molecule has 0 aliphatic heterocycles. The van der Waals surface area contributed by atoms with Crippen LogP contribution in [0.3, 0.4) is 0 Å². The average Bonchev–Trinajstić information content (AvgIpc) is 2.72. The Balaban J connectivity index is 2.38. The minimum Gasteiger partial charge on any atom is -0.350 e. The van der Waals surface area contributed by atoms with E-state index in [1.54, 1.807) is 4.52 Å². The minimum atomic E-state index is -0.128. The molecule has 2 aromatic rings. The summed E-state index contributed by atoms with van der Waals surface area (Å²) >= 11 is 0. The van der Waals surface area contributed by atoms with Crippen molar-refractivity contribution in [2.24, 2.45) is 0 Å². The molecule has 0 fully saturated rings. The van der Waals surface area contributed by atoms with Gasteiger partial charge in [0.1, 0.15) is 5.56 Å². The topological polar surface area (TPSA) is 71.3 Å². The maximum absolute atomic E-state index is 12.4. The summed E-state index contributed by atoms with van der Waals surface area (Å²) in [7, 11) is 1.87. The summed E-state index contributed by atoms with van der Waals surface area (Å²) in [4.78, 5) is 16.8. The van der Waals surface area contributed by atoms with Crippen LogP contribution in [0.2, 0.25) is 0 Å². The van der Waals surface area contributed by atoms with Crippen LogP contribution in [-0.2, 0) is 0 Å². The van der Waals surface area contributed by atoms with Crippen molar-refractivity contribution in [3.8, 4) is 0 Å². The largest absolute Gasteiger partial charge is 0.350 e. The molecule has 0 aliphatic rings. The Kier molecular flexibility index (Phi) is 4.04. The van der Waals surface area contributed by atoms with Gasteiger partial charge in [-0.2, -0.15) is 5.10 Å². The van der Waals surface area contributed by atoms with Gasteiger partial charge < -0.3 is 10.6 Å². The molecule has 2 aromatic heterocycles. The highest BCUT2D eigenvalue weighted by Gasteiger charge is 2.19. The van der Waals surface area contributed by atoms with Gasteiger partial charge in [0.2, 0.25) is 0 Å². The lowest BCUT2D eigenvalue weighted by molar-refractivity contribution is 0.0951. The lowest BCUT2D eigenvalue weighted by Crippen LogP contribution is -2.37. The van der Waals surface area contributed by atoms with E-state index in [4.69, 9.17) is 0 Å². The van der Waals surface area contributed by atoms with Gasteiger partial charge in [0.15, 0.2) is 5.65 Å². The molecule has 0 saturated carbocycles. The van der Waals surface area contributed by atoms with E-state index in [9.17, 15) is 4.79 Å². The van der Waals surface area contributed by atoms with Crippen LogP contribution in [0.15, 0.2) is 6.07 Å². The Morgan fingerprint density at radius 3 is 2.75 bits per heavy atom. The van der Waals surface area contributed by atoms with Gasteiger partial charge in [0.05, 0.1) is 5.69 Å². The summed E-state index contributed by atoms with van der Waals surface area (Å²) in [5.74, 6) is -0.128. The highest BCUT2D eigenvalue weighted by molar-refractivity contribution is 6.01.